The molecule has 0 fully saturated rings. The van der Waals surface area contributed by atoms with Gasteiger partial charge in [0, 0.05) is 0 Å². The number of carbonyl (C=O) groups is 1. The van der Waals surface area contributed by atoms with E-state index in [0.717, 1.165) is 6.42 Å². The van der Waals surface area contributed by atoms with Gasteiger partial charge in [0.2, 0.25) is 0 Å². The lowest BCUT2D eigenvalue weighted by Gasteiger charge is -2.34. The number of carboxylic acids is 1. The zero-order chi connectivity index (χ0) is 28.1. The molecule has 0 saturated heterocycles. The molecular weight excluding hydrogens is 481 g/mol. The number of quaternary nitrogens is 1. The number of benzene rings is 2. The Hall–Kier alpha value is -2.35. The minimum atomic E-state index is -3.67. The van der Waals surface area contributed by atoms with Gasteiger partial charge in [-0.25, -0.2) is 4.79 Å². The number of aromatic carboxylic acids is 1. The van der Waals surface area contributed by atoms with Crippen molar-refractivity contribution in [1.29, 1.82) is 0 Å². The third-order valence-corrected chi connectivity index (χ3v) is 7.00. The third kappa shape index (κ3) is 17.7. The number of hydrogen-bond donors (Lipinski definition) is 1. The minimum absolute atomic E-state index is 0. The minimum Gasteiger partial charge on any atom is -1.00 e. The van der Waals surface area contributed by atoms with Gasteiger partial charge >= 0.3 is 13.5 Å². The van der Waals surface area contributed by atoms with E-state index in [9.17, 15) is 17.7 Å². The Morgan fingerprint density at radius 1 is 0.730 bits per heavy atom. The predicted molar refractivity (Wildman–Crippen MR) is 149 cm³/mol. The van der Waals surface area contributed by atoms with Gasteiger partial charge in [-0.2, -0.15) is 0 Å². The zero-order valence-corrected chi connectivity index (χ0v) is 24.0. The van der Waals surface area contributed by atoms with Crippen LogP contribution >= 0.6 is 0 Å². The lowest BCUT2D eigenvalue weighted by Crippen LogP contribution is -3.00. The van der Waals surface area contributed by atoms with Crippen molar-refractivity contribution in [2.75, 3.05) is 26.2 Å². The highest BCUT2D eigenvalue weighted by molar-refractivity contribution is 6.33. The smallest absolute Gasteiger partial charge is 0.762 e. The Labute approximate surface area is 223 Å². The van der Waals surface area contributed by atoms with E-state index in [0.29, 0.717) is 17.4 Å². The lowest BCUT2D eigenvalue weighted by molar-refractivity contribution is -0.921. The standard InChI is InChI=1S/C11H14O2.C10H14.C8H20N.BF3.FH/c1-3-8(2)9-4-6-10(7-5-9)11(12)13;1-3-9(2)10-7-5-4-6-8-10;1-5-9(6-2,7-3)8-4;2-1(3)4;/h4-8H,3H2,1-2H3,(H,12,13);4-9H,3H2,1-2H3;5-8H2,1-4H3;;1H/q;;+1;;/p-1. The van der Waals surface area contributed by atoms with Crippen molar-refractivity contribution in [2.24, 2.45) is 0 Å². The van der Waals surface area contributed by atoms with Crippen molar-refractivity contribution in [3.63, 3.8) is 0 Å². The highest BCUT2D eigenvalue weighted by Crippen LogP contribution is 2.19. The van der Waals surface area contributed by atoms with Crippen LogP contribution in [0.4, 0.5) is 12.9 Å². The largest absolute Gasteiger partial charge is 1.00 e. The fraction of sp³-hybridized carbons (Fsp3) is 0.552. The van der Waals surface area contributed by atoms with Gasteiger partial charge in [0.25, 0.3) is 0 Å². The van der Waals surface area contributed by atoms with E-state index >= 15 is 0 Å². The molecule has 37 heavy (non-hydrogen) atoms. The van der Waals surface area contributed by atoms with Gasteiger partial charge in [-0.3, -0.25) is 12.9 Å². The molecule has 2 unspecified atom stereocenters. The molecule has 0 spiro atoms. The van der Waals surface area contributed by atoms with Crippen LogP contribution in [0, 0.1) is 0 Å². The molecule has 2 atom stereocenters. The number of nitrogens with zero attached hydrogens (tertiary/aromatic N) is 1. The van der Waals surface area contributed by atoms with E-state index < -0.39 is 13.5 Å². The lowest BCUT2D eigenvalue weighted by atomic mass is 9.98. The van der Waals surface area contributed by atoms with Crippen LogP contribution in [0.15, 0.2) is 54.6 Å². The van der Waals surface area contributed by atoms with Crippen LogP contribution in [0.2, 0.25) is 0 Å². The zero-order valence-electron chi connectivity index (χ0n) is 24.0. The maximum atomic E-state index is 10.6. The van der Waals surface area contributed by atoms with Gasteiger partial charge in [0.1, 0.15) is 0 Å². The van der Waals surface area contributed by atoms with Crippen LogP contribution in [-0.2, 0) is 0 Å². The first-order valence-corrected chi connectivity index (χ1v) is 13.1. The number of rotatable bonds is 9. The second-order valence-corrected chi connectivity index (χ2v) is 8.81. The molecule has 0 aromatic heterocycles. The van der Waals surface area contributed by atoms with Gasteiger partial charge in [-0.1, -0.05) is 70.2 Å². The molecule has 0 aliphatic heterocycles. The summed E-state index contributed by atoms with van der Waals surface area (Å²) in [6.07, 6.45) is 2.30. The highest BCUT2D eigenvalue weighted by Gasteiger charge is 2.16. The van der Waals surface area contributed by atoms with E-state index in [-0.39, 0.29) is 4.70 Å². The summed E-state index contributed by atoms with van der Waals surface area (Å²) in [5.74, 6) is 0.347. The second kappa shape index (κ2) is 22.8. The van der Waals surface area contributed by atoms with Crippen molar-refractivity contribution in [3.05, 3.63) is 71.3 Å². The molecule has 0 aliphatic carbocycles. The van der Waals surface area contributed by atoms with Gasteiger partial charge < -0.3 is 14.3 Å². The quantitative estimate of drug-likeness (QED) is 0.251. The van der Waals surface area contributed by atoms with Crippen molar-refractivity contribution in [3.8, 4) is 0 Å². The van der Waals surface area contributed by atoms with Crippen molar-refractivity contribution < 1.29 is 32.0 Å². The average molecular weight is 530 g/mol. The Bertz CT molecular complexity index is 768. The van der Waals surface area contributed by atoms with Crippen LogP contribution in [0.1, 0.15) is 102 Å². The summed E-state index contributed by atoms with van der Waals surface area (Å²) in [7, 11) is -3.67. The monoisotopic (exact) mass is 529 g/mol. The molecule has 2 rings (SSSR count). The van der Waals surface area contributed by atoms with Crippen molar-refractivity contribution in [2.45, 2.75) is 80.1 Å². The van der Waals surface area contributed by atoms with Crippen LogP contribution < -0.4 is 4.70 Å². The molecule has 0 radical (unpaired) electrons. The maximum Gasteiger partial charge on any atom is 0.762 e. The summed E-state index contributed by atoms with van der Waals surface area (Å²) >= 11 is 0. The summed E-state index contributed by atoms with van der Waals surface area (Å²) in [6.45, 7) is 23.0. The van der Waals surface area contributed by atoms with E-state index in [4.69, 9.17) is 5.11 Å². The van der Waals surface area contributed by atoms with Crippen LogP contribution in [0.25, 0.3) is 0 Å². The molecule has 1 N–H and O–H groups in total. The van der Waals surface area contributed by atoms with E-state index in [2.05, 4.69) is 85.7 Å². The first kappa shape index (κ1) is 39.2. The Balaban J connectivity index is -0.000000438. The fourth-order valence-electron chi connectivity index (χ4n) is 3.55. The average Bonchev–Trinajstić information content (AvgIpc) is 2.90. The van der Waals surface area contributed by atoms with Crippen molar-refractivity contribution in [1.82, 2.24) is 0 Å². The number of carboxylic acid groups (broad SMARTS) is 1. The molecule has 3 nitrogen and oxygen atoms in total. The molecular formula is C29H48BF4NO2. The summed E-state index contributed by atoms with van der Waals surface area (Å²) < 4.78 is 30.3. The summed E-state index contributed by atoms with van der Waals surface area (Å²) in [6, 6.07) is 17.7. The maximum absolute atomic E-state index is 10.6. The molecule has 2 aromatic rings. The molecule has 0 heterocycles. The second-order valence-electron chi connectivity index (χ2n) is 8.81. The SMILES string of the molecule is CCC(C)c1ccc(C(=O)O)cc1.CCC(C)c1ccccc1.CC[N+](CC)(CC)CC.FB(F)F.[F-]. The van der Waals surface area contributed by atoms with E-state index in [1.165, 1.54) is 48.2 Å². The van der Waals surface area contributed by atoms with Gasteiger partial charge in [-0.15, -0.1) is 0 Å². The summed E-state index contributed by atoms with van der Waals surface area (Å²) in [5.41, 5.74) is 3.00. The summed E-state index contributed by atoms with van der Waals surface area (Å²) in [5, 5.41) is 8.67. The van der Waals surface area contributed by atoms with Gasteiger partial charge in [-0.05, 0) is 75.6 Å². The first-order valence-electron chi connectivity index (χ1n) is 13.1. The topological polar surface area (TPSA) is 37.3 Å². The highest BCUT2D eigenvalue weighted by atomic mass is 19.4. The Morgan fingerprint density at radius 3 is 1.30 bits per heavy atom. The molecule has 212 valence electrons. The molecule has 0 bridgehead atoms. The molecule has 0 saturated carbocycles. The molecule has 0 aliphatic rings. The summed E-state index contributed by atoms with van der Waals surface area (Å²) in [4.78, 5) is 10.6. The predicted octanol–water partition coefficient (Wildman–Crippen LogP) is 5.87. The van der Waals surface area contributed by atoms with Gasteiger partial charge in [0.05, 0.1) is 31.7 Å². The van der Waals surface area contributed by atoms with E-state index in [1.807, 2.05) is 12.1 Å². The molecule has 2 aromatic carbocycles. The Morgan fingerprint density at radius 2 is 1.05 bits per heavy atom. The van der Waals surface area contributed by atoms with Crippen LogP contribution in [0.5, 0.6) is 0 Å². The van der Waals surface area contributed by atoms with Crippen LogP contribution in [0.3, 0.4) is 0 Å². The normalized spacial score (nSPS) is 11.5. The fourth-order valence-corrected chi connectivity index (χ4v) is 3.55. The van der Waals surface area contributed by atoms with Crippen molar-refractivity contribution >= 4 is 13.5 Å². The van der Waals surface area contributed by atoms with Crippen LogP contribution in [-0.4, -0.2) is 49.3 Å². The third-order valence-electron chi connectivity index (χ3n) is 7.00. The number of halogens is 4. The molecule has 8 heteroatoms. The number of hydrogen-bond acceptors (Lipinski definition) is 1. The van der Waals surface area contributed by atoms with Gasteiger partial charge in [0.15, 0.2) is 0 Å². The molecule has 0 amide bonds. The van der Waals surface area contributed by atoms with E-state index in [1.54, 1.807) is 12.1 Å². The first-order chi connectivity index (χ1) is 17.0. The Kier molecular flexibility index (Phi) is 24.2.